The van der Waals surface area contributed by atoms with Gasteiger partial charge in [0.15, 0.2) is 0 Å². The third-order valence-electron chi connectivity index (χ3n) is 9.17. The third-order valence-corrected chi connectivity index (χ3v) is 13.9. The molecule has 6 rings (SSSR count). The molecular weight excluding hydrogens is 1140 g/mol. The Bertz CT molecular complexity index is 3680. The third kappa shape index (κ3) is 18.5. The Balaban J connectivity index is -0.00000595. The van der Waals surface area contributed by atoms with Crippen molar-refractivity contribution in [2.45, 2.75) is 42.2 Å². The van der Waals surface area contributed by atoms with Gasteiger partial charge in [0, 0.05) is 40.4 Å². The van der Waals surface area contributed by atoms with E-state index in [1.165, 1.54) is 48.5 Å². The van der Waals surface area contributed by atoms with Gasteiger partial charge in [-0.1, -0.05) is 46.2 Å². The molecule has 0 heterocycles. The summed E-state index contributed by atoms with van der Waals surface area (Å²) in [5.74, 6) is -2.41. The van der Waals surface area contributed by atoms with Crippen LogP contribution in [-0.2, 0) is 96.4 Å². The summed E-state index contributed by atoms with van der Waals surface area (Å²) in [6.45, 7) is 0. The monoisotopic (exact) mass is 1160 g/mol. The summed E-state index contributed by atoms with van der Waals surface area (Å²) >= 11 is 0. The van der Waals surface area contributed by atoms with Crippen LogP contribution in [0, 0.1) is 0 Å². The van der Waals surface area contributed by atoms with Crippen molar-refractivity contribution in [1.82, 2.24) is 0 Å². The van der Waals surface area contributed by atoms with Gasteiger partial charge in [-0.15, -0.1) is 0 Å². The van der Waals surface area contributed by atoms with Crippen LogP contribution in [0.25, 0.3) is 21.5 Å². The van der Waals surface area contributed by atoms with Crippen molar-refractivity contribution < 1.29 is 271 Å². The molecule has 6 aromatic carbocycles. The average molecular weight is 1160 g/mol. The van der Waals surface area contributed by atoms with Gasteiger partial charge in [-0.2, -0.15) is 0 Å². The minimum Gasteiger partial charge on any atom is -0.870 e. The number of carbonyl (C=O) groups excluding carboxylic acids is 3. The maximum Gasteiger partial charge on any atom is 1.00 e. The number of hydrogen-bond acceptors (Lipinski definition) is 23. The zero-order valence-electron chi connectivity index (χ0n) is 38.3. The Morgan fingerprint density at radius 2 is 0.861 bits per heavy atom. The van der Waals surface area contributed by atoms with Crippen LogP contribution in [0.5, 0.6) is 0 Å². The van der Waals surface area contributed by atoms with Crippen LogP contribution in [0.1, 0.15) is 31.8 Å². The molecule has 23 nitrogen and oxygen atoms in total. The molecule has 0 unspecified atom stereocenters. The fourth-order valence-corrected chi connectivity index (χ4v) is 10.3. The van der Waals surface area contributed by atoms with Crippen molar-refractivity contribution in [3.05, 3.63) is 119 Å². The summed E-state index contributed by atoms with van der Waals surface area (Å²) < 4.78 is 192. The Morgan fingerprint density at radius 3 is 1.24 bits per heavy atom. The topological polar surface area (TPSA) is 432 Å². The first-order valence-corrected chi connectivity index (χ1v) is 25.0. The predicted molar refractivity (Wildman–Crippen MR) is 219 cm³/mol. The number of ketones is 1. The zero-order chi connectivity index (χ0) is 47.3. The molecule has 0 spiro atoms. The van der Waals surface area contributed by atoms with E-state index in [0.29, 0.717) is 18.2 Å². The van der Waals surface area contributed by atoms with Crippen LogP contribution in [0.3, 0.4) is 0 Å². The number of anilines is 2. The minimum absolute atomic E-state index is 0. The van der Waals surface area contributed by atoms with Crippen LogP contribution >= 0.6 is 0 Å². The van der Waals surface area contributed by atoms with E-state index in [4.69, 9.17) is 0 Å². The summed E-state index contributed by atoms with van der Waals surface area (Å²) in [7, 11) is -28.3. The molecule has 2 amide bonds. The van der Waals surface area contributed by atoms with Crippen molar-refractivity contribution in [3.8, 4) is 0 Å². The summed E-state index contributed by atoms with van der Waals surface area (Å²) in [5.41, 5.74) is -0.663. The smallest absolute Gasteiger partial charge is 0.870 e. The molecule has 0 saturated carbocycles. The van der Waals surface area contributed by atoms with E-state index < -0.39 is 136 Å². The van der Waals surface area contributed by atoms with Crippen molar-refractivity contribution in [1.29, 1.82) is 0 Å². The average Bonchev–Trinajstić information content (AvgIpc) is 3.18. The van der Waals surface area contributed by atoms with Gasteiger partial charge in [-0.05, 0) is 104 Å². The summed E-state index contributed by atoms with van der Waals surface area (Å²) in [4.78, 5) is 33.7. The van der Waals surface area contributed by atoms with Gasteiger partial charge in [-0.25, -0.2) is 33.7 Å². The first kappa shape index (κ1) is 76.1. The van der Waals surface area contributed by atoms with Gasteiger partial charge >= 0.3 is 177 Å². The minimum atomic E-state index is -5.71. The van der Waals surface area contributed by atoms with Crippen LogP contribution < -0.4 is 188 Å². The van der Waals surface area contributed by atoms with Crippen LogP contribution in [0.2, 0.25) is 0 Å². The zero-order valence-corrected chi connectivity index (χ0v) is 55.2. The van der Waals surface area contributed by atoms with Crippen LogP contribution in [0.15, 0.2) is 126 Å². The van der Waals surface area contributed by atoms with Crippen molar-refractivity contribution in [2.75, 3.05) is 10.6 Å². The van der Waals surface area contributed by atoms with E-state index in [2.05, 4.69) is 10.6 Å². The number of Topliss-reactive ketones (excluding diaryl/α,β-unsaturated/α-hetero) is 1. The van der Waals surface area contributed by atoms with Gasteiger partial charge in [0.2, 0.25) is 0 Å². The van der Waals surface area contributed by atoms with Gasteiger partial charge in [0.25, 0.3) is 11.8 Å². The van der Waals surface area contributed by atoms with Gasteiger partial charge in [0.1, 0.15) is 46.3 Å². The Morgan fingerprint density at radius 1 is 0.458 bits per heavy atom. The Kier molecular flexibility index (Phi) is 32.1. The van der Waals surface area contributed by atoms with E-state index >= 15 is 0 Å². The van der Waals surface area contributed by atoms with Gasteiger partial charge in [-0.3, -0.25) is 14.4 Å². The molecule has 0 atom stereocenters. The second-order valence-electron chi connectivity index (χ2n) is 13.4. The molecule has 0 aliphatic heterocycles. The molecule has 4 N–H and O–H groups in total. The summed E-state index contributed by atoms with van der Waals surface area (Å²) in [5, 5.41) is 1.71. The van der Waals surface area contributed by atoms with Crippen molar-refractivity contribution in [2.24, 2.45) is 0 Å². The SMILES string of the molecule is O=C(Cc1cccc(C(=O)Nc2ccc(S(=O)(=O)[O-])c3cc([S-](=O)=O)cc([S-](=O)=O)c23)c1)Cc1cccc(C(=O)Nc2ccc(S(=O)(=O)[O-])c3cc(S(=O)(=O)[O-])cc(S(=O)(=O)[O-])c23)c1.[Na+].[Na+].[Na+].[Na+].[Na+].[Na+].[OH-].[OH-]. The quantitative estimate of drug-likeness (QED) is 0.0581. The fraction of sp³-hybridized carbons (Fsp3) is 0.0541. The number of carbonyl (C=O) groups is 3. The molecule has 72 heavy (non-hydrogen) atoms. The Labute approximate surface area is 547 Å². The van der Waals surface area contributed by atoms with Crippen LogP contribution in [0.4, 0.5) is 11.4 Å². The van der Waals surface area contributed by atoms with Crippen LogP contribution in [-0.4, -0.2) is 80.4 Å². The van der Waals surface area contributed by atoms with E-state index in [1.807, 2.05) is 0 Å². The number of nitrogens with one attached hydrogen (secondary N) is 2. The first-order chi connectivity index (χ1) is 29.6. The molecule has 0 aliphatic carbocycles. The number of fused-ring (bicyclic) bond motifs is 2. The number of hydrogen-bond donors (Lipinski definition) is 2. The maximum atomic E-state index is 13.4. The molecule has 35 heteroatoms. The summed E-state index contributed by atoms with van der Waals surface area (Å²) in [6, 6.07) is 15.8. The maximum absolute atomic E-state index is 13.4. The molecule has 0 radical (unpaired) electrons. The number of rotatable bonds is 14. The molecule has 0 saturated heterocycles. The van der Waals surface area contributed by atoms with E-state index in [0.717, 1.165) is 24.3 Å². The van der Waals surface area contributed by atoms with Gasteiger partial charge in [0.05, 0.1) is 25.3 Å². The fourth-order valence-electron chi connectivity index (χ4n) is 6.55. The normalized spacial score (nSPS) is 11.1. The second-order valence-corrected chi connectivity index (χ2v) is 20.7. The Hall–Kier alpha value is -0.0900. The molecule has 0 fully saturated rings. The largest absolute Gasteiger partial charge is 1.00 e. The first-order valence-electron chi connectivity index (χ1n) is 17.2. The van der Waals surface area contributed by atoms with E-state index in [-0.39, 0.29) is 235 Å². The molecule has 352 valence electrons. The van der Waals surface area contributed by atoms with Crippen molar-refractivity contribution >= 4 is 112 Å². The predicted octanol–water partition coefficient (Wildman–Crippen LogP) is -15.5. The van der Waals surface area contributed by atoms with Crippen molar-refractivity contribution in [3.63, 3.8) is 0 Å². The number of benzene rings is 6. The molecule has 0 aromatic heterocycles. The molecule has 0 aliphatic rings. The summed E-state index contributed by atoms with van der Waals surface area (Å²) in [6.07, 6.45) is -0.632. The van der Waals surface area contributed by atoms with E-state index in [9.17, 15) is 83.1 Å². The second kappa shape index (κ2) is 30.3. The number of amides is 2. The molecular formula is C37H24N2Na6O21S6-2. The van der Waals surface area contributed by atoms with Gasteiger partial charge < -0.3 is 56.6 Å². The van der Waals surface area contributed by atoms with E-state index in [1.54, 1.807) is 0 Å². The standard InChI is InChI=1S/C37H26N2O19S6.6Na.2H2O/c40-23(13-19-3-1-5-21(11-19)36(41)38-28-7-9-31(62(50,51)52)26-15-24(59(43)44)16-30(34(26)28)60(45)46)14-20-4-2-6-22(12-20)37(42)39-29-8-10-32(63(53,54)55)27-17-25(61(47,48)49)18-33(35(27)29)64(56,57)58;;;;;;;;/h1-12,15-18H,13-14H2,(H,38,41)(H,39,42)(H,47,48,49)(H,50,51,52)(H,53,54,55)(H,56,57,58);;;;;;;2*1H2/q-2;6*+1;;/p-6. The molecule has 6 aromatic rings. The molecule has 0 bridgehead atoms.